The summed E-state index contributed by atoms with van der Waals surface area (Å²) in [6, 6.07) is 4.33. The molecule has 86 valence electrons. The first kappa shape index (κ1) is 12.5. The van der Waals surface area contributed by atoms with Crippen molar-refractivity contribution in [1.29, 1.82) is 0 Å². The van der Waals surface area contributed by atoms with Crippen LogP contribution in [0.15, 0.2) is 17.8 Å². The fourth-order valence-corrected chi connectivity index (χ4v) is 1.71. The zero-order chi connectivity index (χ0) is 12.3. The van der Waals surface area contributed by atoms with Crippen molar-refractivity contribution in [3.8, 4) is 0 Å². The van der Waals surface area contributed by atoms with Crippen LogP contribution in [0.3, 0.4) is 0 Å². The van der Waals surface area contributed by atoms with Gasteiger partial charge in [0.15, 0.2) is 0 Å². The molecule has 0 aliphatic carbocycles. The van der Waals surface area contributed by atoms with E-state index in [1.54, 1.807) is 6.92 Å². The van der Waals surface area contributed by atoms with Crippen molar-refractivity contribution in [1.82, 2.24) is 0 Å². The second-order valence-electron chi connectivity index (χ2n) is 4.17. The molecule has 0 bridgehead atoms. The predicted octanol–water partition coefficient (Wildman–Crippen LogP) is 3.04. The van der Waals surface area contributed by atoms with Crippen molar-refractivity contribution in [2.24, 2.45) is 0 Å². The molecule has 0 radical (unpaired) electrons. The third-order valence-electron chi connectivity index (χ3n) is 3.09. The van der Waals surface area contributed by atoms with Crippen molar-refractivity contribution in [2.45, 2.75) is 34.1 Å². The normalized spacial score (nSPS) is 9.81. The summed E-state index contributed by atoms with van der Waals surface area (Å²) in [5.74, 6) is 1.94. The lowest BCUT2D eigenvalue weighted by molar-refractivity contribution is 0.566. The molecule has 1 aromatic rings. The number of allylic oxidation sites excluding steroid dienone is 1. The molecule has 0 spiro atoms. The molecule has 0 fully saturated rings. The van der Waals surface area contributed by atoms with Gasteiger partial charge in [-0.3, -0.25) is 0 Å². The van der Waals surface area contributed by atoms with Crippen LogP contribution in [-0.4, -0.2) is 13.0 Å². The van der Waals surface area contributed by atoms with Crippen LogP contribution in [-0.2, 0) is 11.2 Å². The predicted molar refractivity (Wildman–Crippen MR) is 68.6 cm³/mol. The summed E-state index contributed by atoms with van der Waals surface area (Å²) in [7, 11) is 1.91. The smallest absolute Gasteiger partial charge is 0.145 e. The van der Waals surface area contributed by atoms with Gasteiger partial charge >= 0.3 is 0 Å². The highest BCUT2D eigenvalue weighted by atomic mass is 16.1. The van der Waals surface area contributed by atoms with E-state index in [1.165, 1.54) is 16.7 Å². The summed E-state index contributed by atoms with van der Waals surface area (Å²) in [6.45, 7) is 8.11. The molecule has 0 saturated heterocycles. The monoisotopic (exact) mass is 217 g/mol. The van der Waals surface area contributed by atoms with Crippen LogP contribution in [0.5, 0.6) is 0 Å². The van der Waals surface area contributed by atoms with Crippen molar-refractivity contribution >= 4 is 11.6 Å². The van der Waals surface area contributed by atoms with E-state index in [-0.39, 0.29) is 0 Å². The second kappa shape index (κ2) is 5.00. The van der Waals surface area contributed by atoms with Crippen molar-refractivity contribution in [3.05, 3.63) is 34.5 Å². The van der Waals surface area contributed by atoms with Gasteiger partial charge in [0.2, 0.25) is 0 Å². The first-order chi connectivity index (χ1) is 7.51. The lowest BCUT2D eigenvalue weighted by Gasteiger charge is -2.22. The van der Waals surface area contributed by atoms with Crippen LogP contribution in [0.2, 0.25) is 0 Å². The Hall–Kier alpha value is -1.53. The van der Waals surface area contributed by atoms with Crippen molar-refractivity contribution < 1.29 is 4.79 Å². The van der Waals surface area contributed by atoms with Gasteiger partial charge in [-0.25, -0.2) is 4.79 Å². The molecule has 0 amide bonds. The van der Waals surface area contributed by atoms with E-state index in [9.17, 15) is 4.79 Å². The minimum atomic E-state index is 0.609. The lowest BCUT2D eigenvalue weighted by atomic mass is 10.0. The first-order valence-electron chi connectivity index (χ1n) is 5.56. The number of benzene rings is 1. The van der Waals surface area contributed by atoms with Gasteiger partial charge < -0.3 is 4.90 Å². The van der Waals surface area contributed by atoms with Gasteiger partial charge in [0.25, 0.3) is 0 Å². The van der Waals surface area contributed by atoms with Gasteiger partial charge in [-0.05, 0) is 49.9 Å². The van der Waals surface area contributed by atoms with Gasteiger partial charge in [-0.1, -0.05) is 13.0 Å². The zero-order valence-corrected chi connectivity index (χ0v) is 10.7. The highest BCUT2D eigenvalue weighted by molar-refractivity contribution is 5.66. The summed E-state index contributed by atoms with van der Waals surface area (Å²) in [5, 5.41) is 0. The fraction of sp³-hybridized carbons (Fsp3) is 0.429. The molecule has 0 atom stereocenters. The van der Waals surface area contributed by atoms with Gasteiger partial charge in [0, 0.05) is 12.7 Å². The van der Waals surface area contributed by atoms with Crippen LogP contribution < -0.4 is 4.90 Å². The molecule has 1 rings (SSSR count). The molecule has 0 aliphatic rings. The molecular weight excluding hydrogens is 198 g/mol. The largest absolute Gasteiger partial charge is 0.339 e. The highest BCUT2D eigenvalue weighted by Crippen LogP contribution is 2.26. The fourth-order valence-electron chi connectivity index (χ4n) is 1.71. The maximum absolute atomic E-state index is 10.7. The Bertz CT molecular complexity index is 442. The van der Waals surface area contributed by atoms with E-state index >= 15 is 0 Å². The van der Waals surface area contributed by atoms with Crippen LogP contribution in [0.4, 0.5) is 5.69 Å². The number of hydrogen-bond acceptors (Lipinski definition) is 2. The number of carbonyl (C=O) groups excluding carboxylic acids is 1. The molecule has 0 heterocycles. The quantitative estimate of drug-likeness (QED) is 0.725. The topological polar surface area (TPSA) is 20.3 Å². The third kappa shape index (κ3) is 2.34. The van der Waals surface area contributed by atoms with E-state index in [2.05, 4.69) is 32.9 Å². The summed E-state index contributed by atoms with van der Waals surface area (Å²) in [4.78, 5) is 12.6. The van der Waals surface area contributed by atoms with Gasteiger partial charge in [0.05, 0.1) is 5.70 Å². The van der Waals surface area contributed by atoms with Gasteiger partial charge in [-0.2, -0.15) is 0 Å². The summed E-state index contributed by atoms with van der Waals surface area (Å²) in [5.41, 5.74) is 5.52. The van der Waals surface area contributed by atoms with Crippen molar-refractivity contribution in [3.63, 3.8) is 0 Å². The number of rotatable bonds is 3. The maximum atomic E-state index is 10.7. The standard InChI is InChI=1S/C14H19NO/c1-6-13-7-10(2)11(3)8-14(13)15(5)12(4)9-16/h7-8H,6H2,1-5H3. The van der Waals surface area contributed by atoms with Gasteiger partial charge in [0.1, 0.15) is 5.94 Å². The molecule has 0 N–H and O–H groups in total. The van der Waals surface area contributed by atoms with E-state index in [0.717, 1.165) is 12.1 Å². The molecule has 16 heavy (non-hydrogen) atoms. The Morgan fingerprint density at radius 1 is 1.31 bits per heavy atom. The first-order valence-corrected chi connectivity index (χ1v) is 5.56. The van der Waals surface area contributed by atoms with Crippen molar-refractivity contribution in [2.75, 3.05) is 11.9 Å². The van der Waals surface area contributed by atoms with Crippen LogP contribution in [0.25, 0.3) is 0 Å². The summed E-state index contributed by atoms with van der Waals surface area (Å²) >= 11 is 0. The molecule has 1 aromatic carbocycles. The minimum Gasteiger partial charge on any atom is -0.339 e. The average molecular weight is 217 g/mol. The van der Waals surface area contributed by atoms with E-state index in [1.807, 2.05) is 17.9 Å². The second-order valence-corrected chi connectivity index (χ2v) is 4.17. The van der Waals surface area contributed by atoms with Crippen LogP contribution >= 0.6 is 0 Å². The summed E-state index contributed by atoms with van der Waals surface area (Å²) in [6.07, 6.45) is 0.965. The molecule has 0 unspecified atom stereocenters. The van der Waals surface area contributed by atoms with E-state index in [0.29, 0.717) is 5.70 Å². The lowest BCUT2D eigenvalue weighted by Crippen LogP contribution is -2.16. The Morgan fingerprint density at radius 3 is 2.38 bits per heavy atom. The Labute approximate surface area is 97.6 Å². The Morgan fingerprint density at radius 2 is 1.88 bits per heavy atom. The maximum Gasteiger partial charge on any atom is 0.145 e. The third-order valence-corrected chi connectivity index (χ3v) is 3.09. The minimum absolute atomic E-state index is 0.609. The Kier molecular flexibility index (Phi) is 3.92. The number of hydrogen-bond donors (Lipinski definition) is 0. The average Bonchev–Trinajstić information content (AvgIpc) is 2.30. The van der Waals surface area contributed by atoms with E-state index in [4.69, 9.17) is 0 Å². The van der Waals surface area contributed by atoms with Crippen LogP contribution in [0, 0.1) is 13.8 Å². The zero-order valence-electron chi connectivity index (χ0n) is 10.7. The molecule has 0 aromatic heterocycles. The molecule has 0 saturated carbocycles. The number of anilines is 1. The van der Waals surface area contributed by atoms with Crippen LogP contribution in [0.1, 0.15) is 30.5 Å². The SMILES string of the molecule is CCc1cc(C)c(C)cc1N(C)C(C)=C=O. The molecular formula is C14H19NO. The molecule has 2 nitrogen and oxygen atoms in total. The molecule has 2 heteroatoms. The highest BCUT2D eigenvalue weighted by Gasteiger charge is 2.10. The number of aryl methyl sites for hydroxylation is 3. The van der Waals surface area contributed by atoms with E-state index < -0.39 is 0 Å². The summed E-state index contributed by atoms with van der Waals surface area (Å²) < 4.78 is 0. The number of nitrogens with zero attached hydrogens (tertiary/aromatic N) is 1. The Balaban J connectivity index is 3.32. The molecule has 0 aliphatic heterocycles. The van der Waals surface area contributed by atoms with Gasteiger partial charge in [-0.15, -0.1) is 0 Å².